The van der Waals surface area contributed by atoms with Crippen molar-refractivity contribution in [3.05, 3.63) is 35.4 Å². The van der Waals surface area contributed by atoms with E-state index in [1.54, 1.807) is 11.8 Å². The normalized spacial score (nSPS) is 25.4. The molecule has 0 radical (unpaired) electrons. The molecular formula is C25H37N3O2S. The van der Waals surface area contributed by atoms with E-state index >= 15 is 0 Å². The van der Waals surface area contributed by atoms with E-state index in [0.29, 0.717) is 11.8 Å². The van der Waals surface area contributed by atoms with Crippen LogP contribution in [0.1, 0.15) is 63.5 Å². The molecule has 1 aromatic rings. The van der Waals surface area contributed by atoms with Crippen molar-refractivity contribution >= 4 is 23.6 Å². The van der Waals surface area contributed by atoms with Crippen LogP contribution in [0.5, 0.6) is 0 Å². The van der Waals surface area contributed by atoms with Crippen molar-refractivity contribution in [1.29, 1.82) is 0 Å². The highest BCUT2D eigenvalue weighted by Crippen LogP contribution is 2.44. The summed E-state index contributed by atoms with van der Waals surface area (Å²) in [6, 6.07) is 8.85. The molecule has 170 valence electrons. The third-order valence-corrected chi connectivity index (χ3v) is 8.48. The summed E-state index contributed by atoms with van der Waals surface area (Å²) < 4.78 is 0. The summed E-state index contributed by atoms with van der Waals surface area (Å²) in [5.74, 6) is 0.942. The maximum Gasteiger partial charge on any atom is 0.236 e. The van der Waals surface area contributed by atoms with Crippen LogP contribution in [0, 0.1) is 5.92 Å². The molecule has 2 aliphatic heterocycles. The summed E-state index contributed by atoms with van der Waals surface area (Å²) >= 11 is 1.80. The summed E-state index contributed by atoms with van der Waals surface area (Å²) in [4.78, 5) is 31.9. The molecule has 0 aromatic heterocycles. The quantitative estimate of drug-likeness (QED) is 0.669. The minimum absolute atomic E-state index is 0.0558. The molecule has 0 bridgehead atoms. The van der Waals surface area contributed by atoms with Crippen LogP contribution in [0.15, 0.2) is 24.3 Å². The molecule has 2 saturated heterocycles. The van der Waals surface area contributed by atoms with Gasteiger partial charge in [-0.3, -0.25) is 14.5 Å². The lowest BCUT2D eigenvalue weighted by Gasteiger charge is -2.36. The number of carbonyl (C=O) groups is 2. The Labute approximate surface area is 191 Å². The molecule has 1 aromatic carbocycles. The van der Waals surface area contributed by atoms with Gasteiger partial charge in [-0.15, -0.1) is 11.8 Å². The monoisotopic (exact) mass is 443 g/mol. The lowest BCUT2D eigenvalue weighted by atomic mass is 9.86. The van der Waals surface area contributed by atoms with Gasteiger partial charge in [0.05, 0.1) is 5.25 Å². The number of carbonyl (C=O) groups excluding carboxylic acids is 2. The second-order valence-corrected chi connectivity index (χ2v) is 11.5. The largest absolute Gasteiger partial charge is 0.340 e. The Balaban J connectivity index is 1.37. The van der Waals surface area contributed by atoms with Gasteiger partial charge >= 0.3 is 0 Å². The first-order valence-corrected chi connectivity index (χ1v) is 12.8. The van der Waals surface area contributed by atoms with Crippen molar-refractivity contribution in [2.24, 2.45) is 5.92 Å². The smallest absolute Gasteiger partial charge is 0.236 e. The first-order chi connectivity index (χ1) is 14.8. The number of thioether (sulfide) groups is 1. The van der Waals surface area contributed by atoms with Gasteiger partial charge in [-0.25, -0.2) is 0 Å². The molecule has 4 rings (SSSR count). The van der Waals surface area contributed by atoms with Gasteiger partial charge in [-0.1, -0.05) is 52.0 Å². The third kappa shape index (κ3) is 5.11. The van der Waals surface area contributed by atoms with E-state index in [2.05, 4.69) is 61.8 Å². The fourth-order valence-electron chi connectivity index (χ4n) is 4.52. The van der Waals surface area contributed by atoms with Crippen molar-refractivity contribution in [3.8, 4) is 0 Å². The molecule has 5 nitrogen and oxygen atoms in total. The number of nitrogens with zero attached hydrogens (tertiary/aromatic N) is 3. The van der Waals surface area contributed by atoms with E-state index in [-0.39, 0.29) is 21.9 Å². The summed E-state index contributed by atoms with van der Waals surface area (Å²) in [6.45, 7) is 13.9. The zero-order valence-corrected chi connectivity index (χ0v) is 20.3. The molecule has 3 fully saturated rings. The Morgan fingerprint density at radius 2 is 1.68 bits per heavy atom. The maximum atomic E-state index is 13.1. The van der Waals surface area contributed by atoms with Gasteiger partial charge < -0.3 is 9.80 Å². The second-order valence-electron chi connectivity index (χ2n) is 10.2. The van der Waals surface area contributed by atoms with Crippen LogP contribution < -0.4 is 0 Å². The molecule has 1 saturated carbocycles. The highest BCUT2D eigenvalue weighted by atomic mass is 32.2. The van der Waals surface area contributed by atoms with E-state index in [0.717, 1.165) is 58.5 Å². The second kappa shape index (κ2) is 9.14. The van der Waals surface area contributed by atoms with Gasteiger partial charge in [0.2, 0.25) is 11.8 Å². The summed E-state index contributed by atoms with van der Waals surface area (Å²) in [5, 5.41) is 0.157. The van der Waals surface area contributed by atoms with Crippen LogP contribution in [-0.2, 0) is 15.0 Å². The molecule has 3 aliphatic rings. The van der Waals surface area contributed by atoms with Gasteiger partial charge in [-0.2, -0.15) is 0 Å². The number of hydrogen-bond donors (Lipinski definition) is 0. The molecule has 2 heterocycles. The van der Waals surface area contributed by atoms with E-state index in [1.165, 1.54) is 11.1 Å². The predicted octanol–water partition coefficient (Wildman–Crippen LogP) is 3.89. The van der Waals surface area contributed by atoms with Gasteiger partial charge in [0, 0.05) is 45.2 Å². The highest BCUT2D eigenvalue weighted by Gasteiger charge is 2.40. The van der Waals surface area contributed by atoms with E-state index in [9.17, 15) is 9.59 Å². The third-order valence-electron chi connectivity index (χ3n) is 6.84. The Bertz CT molecular complexity index is 792. The molecule has 0 N–H and O–H groups in total. The lowest BCUT2D eigenvalue weighted by molar-refractivity contribution is -0.134. The lowest BCUT2D eigenvalue weighted by Crippen LogP contribution is -2.51. The van der Waals surface area contributed by atoms with Crippen LogP contribution in [0.4, 0.5) is 0 Å². The van der Waals surface area contributed by atoms with Gasteiger partial charge in [-0.05, 0) is 35.8 Å². The molecular weight excluding hydrogens is 406 g/mol. The number of hydrogen-bond acceptors (Lipinski definition) is 4. The molecule has 2 amide bonds. The van der Waals surface area contributed by atoms with Crippen molar-refractivity contribution in [2.45, 2.75) is 63.0 Å². The Morgan fingerprint density at radius 1 is 1.03 bits per heavy atom. The summed E-state index contributed by atoms with van der Waals surface area (Å²) in [5.41, 5.74) is 2.68. The molecule has 0 spiro atoms. The minimum Gasteiger partial charge on any atom is -0.340 e. The van der Waals surface area contributed by atoms with E-state index in [1.807, 2.05) is 4.90 Å². The summed E-state index contributed by atoms with van der Waals surface area (Å²) in [6.07, 6.45) is 3.02. The number of benzene rings is 1. The maximum absolute atomic E-state index is 13.1. The van der Waals surface area contributed by atoms with Crippen LogP contribution in [0.3, 0.4) is 0 Å². The van der Waals surface area contributed by atoms with Crippen molar-refractivity contribution < 1.29 is 9.59 Å². The van der Waals surface area contributed by atoms with Crippen molar-refractivity contribution in [1.82, 2.24) is 14.7 Å². The average Bonchev–Trinajstić information content (AvgIpc) is 3.56. The number of piperazine rings is 1. The molecule has 2 atom stereocenters. The number of rotatable bonds is 6. The van der Waals surface area contributed by atoms with Crippen LogP contribution in [-0.4, -0.2) is 71.0 Å². The Kier molecular flexibility index (Phi) is 6.68. The fourth-order valence-corrected chi connectivity index (χ4v) is 5.95. The van der Waals surface area contributed by atoms with Crippen LogP contribution in [0.2, 0.25) is 0 Å². The molecule has 31 heavy (non-hydrogen) atoms. The molecule has 6 heteroatoms. The fraction of sp³-hybridized carbons (Fsp3) is 0.680. The van der Waals surface area contributed by atoms with Crippen LogP contribution >= 0.6 is 11.8 Å². The Morgan fingerprint density at radius 3 is 2.23 bits per heavy atom. The van der Waals surface area contributed by atoms with Crippen molar-refractivity contribution in [3.63, 3.8) is 0 Å². The van der Waals surface area contributed by atoms with E-state index < -0.39 is 0 Å². The zero-order valence-electron chi connectivity index (χ0n) is 19.5. The first kappa shape index (κ1) is 22.7. The van der Waals surface area contributed by atoms with Crippen LogP contribution in [0.25, 0.3) is 0 Å². The highest BCUT2D eigenvalue weighted by molar-refractivity contribution is 8.01. The van der Waals surface area contributed by atoms with Gasteiger partial charge in [0.15, 0.2) is 0 Å². The summed E-state index contributed by atoms with van der Waals surface area (Å²) in [7, 11) is 0. The first-order valence-electron chi connectivity index (χ1n) is 11.9. The SMILES string of the molecule is CCC1SC(c2ccc(C(C)(C)C)cc2)N(CCN2CCN(C(=O)C3CC3)CC2)C1=O. The standard InChI is InChI=1S/C25H37N3O2S/c1-5-21-23(30)28(24(31-21)19-8-10-20(11-9-19)25(2,3)4)17-14-26-12-15-27(16-13-26)22(29)18-6-7-18/h8-11,18,21,24H,5-7,12-17H2,1-4H3. The predicted molar refractivity (Wildman–Crippen MR) is 127 cm³/mol. The van der Waals surface area contributed by atoms with Gasteiger partial charge in [0.1, 0.15) is 5.37 Å². The topological polar surface area (TPSA) is 43.9 Å². The van der Waals surface area contributed by atoms with E-state index in [4.69, 9.17) is 0 Å². The molecule has 2 unspecified atom stereocenters. The number of amides is 2. The minimum atomic E-state index is 0.0558. The average molecular weight is 444 g/mol. The molecule has 1 aliphatic carbocycles. The van der Waals surface area contributed by atoms with Crippen molar-refractivity contribution in [2.75, 3.05) is 39.3 Å². The zero-order chi connectivity index (χ0) is 22.2. The Hall–Kier alpha value is -1.53. The van der Waals surface area contributed by atoms with Gasteiger partial charge in [0.25, 0.3) is 0 Å².